The summed E-state index contributed by atoms with van der Waals surface area (Å²) in [7, 11) is 0. The molecular weight excluding hydrogens is 352 g/mol. The number of hydrogen-bond acceptors (Lipinski definition) is 6. The number of benzene rings is 1. The van der Waals surface area contributed by atoms with Gasteiger partial charge in [0.25, 0.3) is 5.91 Å². The van der Waals surface area contributed by atoms with Gasteiger partial charge in [-0.15, -0.1) is 10.2 Å². The van der Waals surface area contributed by atoms with Crippen LogP contribution in [0.5, 0.6) is 0 Å². The summed E-state index contributed by atoms with van der Waals surface area (Å²) in [6.45, 7) is 6.80. The molecule has 0 aliphatic rings. The maximum atomic E-state index is 11.9. The Morgan fingerprint density at radius 1 is 1.23 bits per heavy atom. The van der Waals surface area contributed by atoms with Crippen LogP contribution in [0.4, 0.5) is 0 Å². The van der Waals surface area contributed by atoms with Crippen molar-refractivity contribution in [3.63, 3.8) is 0 Å². The van der Waals surface area contributed by atoms with E-state index in [4.69, 9.17) is 4.74 Å². The molecule has 0 saturated carbocycles. The molecule has 0 spiro atoms. The molecule has 0 aliphatic heterocycles. The molecule has 140 valence electrons. The van der Waals surface area contributed by atoms with Gasteiger partial charge in [-0.05, 0) is 18.4 Å². The van der Waals surface area contributed by atoms with E-state index in [0.29, 0.717) is 24.2 Å². The van der Waals surface area contributed by atoms with Gasteiger partial charge in [0.2, 0.25) is 0 Å². The van der Waals surface area contributed by atoms with E-state index < -0.39 is 5.97 Å². The summed E-state index contributed by atoms with van der Waals surface area (Å²) in [5.41, 5.74) is 1.13. The standard InChI is InChI=1S/C18H24N4O3S/c1-13(2)9-19-16(23)11-25-17(24)12-26-18-21-20-14(3)22(18)10-15-7-5-4-6-8-15/h4-8,13H,9-12H2,1-3H3,(H,19,23). The highest BCUT2D eigenvalue weighted by Crippen LogP contribution is 2.18. The number of rotatable bonds is 9. The quantitative estimate of drug-likeness (QED) is 0.532. The molecule has 1 heterocycles. The smallest absolute Gasteiger partial charge is 0.316 e. The number of carbonyl (C=O) groups excluding carboxylic acids is 2. The van der Waals surface area contributed by atoms with Crippen LogP contribution in [0.2, 0.25) is 0 Å². The van der Waals surface area contributed by atoms with Crippen LogP contribution in [0.3, 0.4) is 0 Å². The lowest BCUT2D eigenvalue weighted by atomic mass is 10.2. The van der Waals surface area contributed by atoms with E-state index in [0.717, 1.165) is 11.4 Å². The molecule has 0 atom stereocenters. The van der Waals surface area contributed by atoms with Crippen LogP contribution in [0.25, 0.3) is 0 Å². The number of nitrogens with one attached hydrogen (secondary N) is 1. The van der Waals surface area contributed by atoms with Gasteiger partial charge in [-0.25, -0.2) is 0 Å². The molecule has 1 amide bonds. The maximum Gasteiger partial charge on any atom is 0.316 e. The van der Waals surface area contributed by atoms with E-state index in [1.54, 1.807) is 0 Å². The van der Waals surface area contributed by atoms with Gasteiger partial charge in [-0.1, -0.05) is 55.9 Å². The van der Waals surface area contributed by atoms with Crippen molar-refractivity contribution < 1.29 is 14.3 Å². The Labute approximate surface area is 157 Å². The molecule has 1 aromatic carbocycles. The number of nitrogens with zero attached hydrogens (tertiary/aromatic N) is 3. The summed E-state index contributed by atoms with van der Waals surface area (Å²) in [4.78, 5) is 23.4. The van der Waals surface area contributed by atoms with Gasteiger partial charge in [-0.3, -0.25) is 9.59 Å². The molecule has 0 saturated heterocycles. The fourth-order valence-corrected chi connectivity index (χ4v) is 2.88. The van der Waals surface area contributed by atoms with Gasteiger partial charge in [0, 0.05) is 6.54 Å². The number of carbonyl (C=O) groups is 2. The van der Waals surface area contributed by atoms with E-state index in [9.17, 15) is 9.59 Å². The van der Waals surface area contributed by atoms with Crippen molar-refractivity contribution in [2.45, 2.75) is 32.5 Å². The monoisotopic (exact) mass is 376 g/mol. The van der Waals surface area contributed by atoms with Crippen LogP contribution in [0, 0.1) is 12.8 Å². The first kappa shape index (κ1) is 20.0. The third kappa shape index (κ3) is 6.51. The molecule has 0 radical (unpaired) electrons. The van der Waals surface area contributed by atoms with Crippen LogP contribution in [0.15, 0.2) is 35.5 Å². The zero-order valence-electron chi connectivity index (χ0n) is 15.3. The molecule has 2 aromatic rings. The molecule has 1 N–H and O–H groups in total. The Bertz CT molecular complexity index is 731. The van der Waals surface area contributed by atoms with E-state index in [1.807, 2.05) is 55.7 Å². The summed E-state index contributed by atoms with van der Waals surface area (Å²) in [5.74, 6) is 0.452. The van der Waals surface area contributed by atoms with Gasteiger partial charge in [0.15, 0.2) is 11.8 Å². The Morgan fingerprint density at radius 3 is 2.65 bits per heavy atom. The Kier molecular flexibility index (Phi) is 7.65. The largest absolute Gasteiger partial charge is 0.455 e. The third-order valence-corrected chi connectivity index (χ3v) is 4.42. The molecule has 0 unspecified atom stereocenters. The molecule has 2 rings (SSSR count). The first-order valence-electron chi connectivity index (χ1n) is 8.44. The number of thioether (sulfide) groups is 1. The van der Waals surface area contributed by atoms with Crippen molar-refractivity contribution >= 4 is 23.6 Å². The number of amides is 1. The summed E-state index contributed by atoms with van der Waals surface area (Å²) in [6, 6.07) is 9.97. The number of hydrogen-bond donors (Lipinski definition) is 1. The number of ether oxygens (including phenoxy) is 1. The van der Waals surface area contributed by atoms with Gasteiger partial charge in [0.05, 0.1) is 12.3 Å². The van der Waals surface area contributed by atoms with Crippen molar-refractivity contribution in [2.24, 2.45) is 5.92 Å². The highest BCUT2D eigenvalue weighted by Gasteiger charge is 2.14. The summed E-state index contributed by atoms with van der Waals surface area (Å²) >= 11 is 1.25. The van der Waals surface area contributed by atoms with Crippen molar-refractivity contribution in [1.82, 2.24) is 20.1 Å². The topological polar surface area (TPSA) is 86.1 Å². The van der Waals surface area contributed by atoms with E-state index in [1.165, 1.54) is 11.8 Å². The van der Waals surface area contributed by atoms with Crippen LogP contribution in [-0.2, 0) is 20.9 Å². The molecule has 0 fully saturated rings. The number of aryl methyl sites for hydroxylation is 1. The van der Waals surface area contributed by atoms with Crippen LogP contribution >= 0.6 is 11.8 Å². The molecule has 0 bridgehead atoms. The summed E-state index contributed by atoms with van der Waals surface area (Å²) in [5, 5.41) is 11.5. The minimum Gasteiger partial charge on any atom is -0.455 e. The summed E-state index contributed by atoms with van der Waals surface area (Å²) < 4.78 is 6.94. The minimum absolute atomic E-state index is 0.0738. The number of esters is 1. The highest BCUT2D eigenvalue weighted by atomic mass is 32.2. The van der Waals surface area contributed by atoms with Crippen LogP contribution in [-0.4, -0.2) is 45.5 Å². The predicted molar refractivity (Wildman–Crippen MR) is 99.8 cm³/mol. The molecule has 0 aliphatic carbocycles. The van der Waals surface area contributed by atoms with Gasteiger partial charge >= 0.3 is 5.97 Å². The lowest BCUT2D eigenvalue weighted by molar-refractivity contribution is -0.145. The van der Waals surface area contributed by atoms with Crippen LogP contribution in [0.1, 0.15) is 25.2 Å². The highest BCUT2D eigenvalue weighted by molar-refractivity contribution is 7.99. The first-order chi connectivity index (χ1) is 12.5. The predicted octanol–water partition coefficient (Wildman–Crippen LogP) is 2.04. The lowest BCUT2D eigenvalue weighted by Gasteiger charge is -2.09. The van der Waals surface area contributed by atoms with Gasteiger partial charge in [0.1, 0.15) is 5.82 Å². The normalized spacial score (nSPS) is 10.8. The Balaban J connectivity index is 1.82. The zero-order valence-corrected chi connectivity index (χ0v) is 16.1. The second-order valence-corrected chi connectivity index (χ2v) is 7.19. The molecule has 26 heavy (non-hydrogen) atoms. The maximum absolute atomic E-state index is 11.9. The first-order valence-corrected chi connectivity index (χ1v) is 9.43. The molecular formula is C18H24N4O3S. The van der Waals surface area contributed by atoms with Gasteiger partial charge < -0.3 is 14.6 Å². The van der Waals surface area contributed by atoms with Gasteiger partial charge in [-0.2, -0.15) is 0 Å². The second-order valence-electron chi connectivity index (χ2n) is 6.25. The summed E-state index contributed by atoms with van der Waals surface area (Å²) in [6.07, 6.45) is 0. The molecule has 8 heteroatoms. The van der Waals surface area contributed by atoms with Crippen molar-refractivity contribution in [1.29, 1.82) is 0 Å². The fourth-order valence-electron chi connectivity index (χ4n) is 2.10. The van der Waals surface area contributed by atoms with Crippen LogP contribution < -0.4 is 5.32 Å². The van der Waals surface area contributed by atoms with E-state index in [2.05, 4.69) is 15.5 Å². The van der Waals surface area contributed by atoms with E-state index >= 15 is 0 Å². The lowest BCUT2D eigenvalue weighted by Crippen LogP contribution is -2.31. The van der Waals surface area contributed by atoms with E-state index in [-0.39, 0.29) is 18.3 Å². The Hall–Kier alpha value is -2.35. The fraction of sp³-hybridized carbons (Fsp3) is 0.444. The van der Waals surface area contributed by atoms with Crippen molar-refractivity contribution in [3.8, 4) is 0 Å². The molecule has 7 nitrogen and oxygen atoms in total. The average molecular weight is 376 g/mol. The van der Waals surface area contributed by atoms with Crippen molar-refractivity contribution in [2.75, 3.05) is 18.9 Å². The average Bonchev–Trinajstić information content (AvgIpc) is 2.97. The zero-order chi connectivity index (χ0) is 18.9. The number of aromatic nitrogens is 3. The van der Waals surface area contributed by atoms with Crippen molar-refractivity contribution in [3.05, 3.63) is 41.7 Å². The Morgan fingerprint density at radius 2 is 1.96 bits per heavy atom. The second kappa shape index (κ2) is 9.96. The SMILES string of the molecule is Cc1nnc(SCC(=O)OCC(=O)NCC(C)C)n1Cc1ccccc1. The third-order valence-electron chi connectivity index (χ3n) is 3.48. The minimum atomic E-state index is -0.457. The molecule has 1 aromatic heterocycles.